The van der Waals surface area contributed by atoms with Crippen LogP contribution >= 0.6 is 0 Å². The van der Waals surface area contributed by atoms with Gasteiger partial charge in [0.25, 0.3) is 0 Å². The summed E-state index contributed by atoms with van der Waals surface area (Å²) in [6.07, 6.45) is 6.66. The van der Waals surface area contributed by atoms with Crippen LogP contribution in [-0.4, -0.2) is 17.8 Å². The monoisotopic (exact) mass is 145 g/mol. The molecule has 0 aliphatic heterocycles. The molecule has 0 atom stereocenters. The molecule has 1 rings (SSSR count). The topological polar surface area (TPSA) is 46.2 Å². The van der Waals surface area contributed by atoms with E-state index in [0.29, 0.717) is 6.04 Å². The van der Waals surface area contributed by atoms with Gasteiger partial charge in [0.1, 0.15) is 0 Å². The molecule has 0 aromatic rings. The van der Waals surface area contributed by atoms with Crippen molar-refractivity contribution in [3.05, 3.63) is 0 Å². The number of hydrogen-bond donors (Lipinski definition) is 2. The van der Waals surface area contributed by atoms with Crippen LogP contribution in [0.15, 0.2) is 0 Å². The normalized spacial score (nSPS) is 19.5. The minimum Gasteiger partial charge on any atom is -0.397 e. The highest BCUT2D eigenvalue weighted by Crippen LogP contribution is 2.14. The summed E-state index contributed by atoms with van der Waals surface area (Å²) in [6.45, 7) is 1.93. The van der Waals surface area contributed by atoms with Crippen molar-refractivity contribution >= 4 is 0 Å². The lowest BCUT2D eigenvalue weighted by molar-refractivity contribution is 0.318. The zero-order chi connectivity index (χ0) is 7.82. The van der Waals surface area contributed by atoms with Gasteiger partial charge < -0.3 is 10.8 Å². The van der Waals surface area contributed by atoms with Gasteiger partial charge in [0.05, 0.1) is 0 Å². The number of nitrogens with two attached hydrogens (primary N) is 1. The SMILES string of the molecule is CCO.NC1CCCCC1. The van der Waals surface area contributed by atoms with E-state index in [1.807, 2.05) is 0 Å². The van der Waals surface area contributed by atoms with Crippen molar-refractivity contribution in [3.8, 4) is 0 Å². The molecule has 1 fully saturated rings. The summed E-state index contributed by atoms with van der Waals surface area (Å²) < 4.78 is 0. The first kappa shape index (κ1) is 9.92. The lowest BCUT2D eigenvalue weighted by atomic mass is 9.97. The largest absolute Gasteiger partial charge is 0.397 e. The molecule has 0 heterocycles. The lowest BCUT2D eigenvalue weighted by Crippen LogP contribution is -2.22. The van der Waals surface area contributed by atoms with Crippen molar-refractivity contribution in [1.82, 2.24) is 0 Å². The number of hydrogen-bond acceptors (Lipinski definition) is 2. The summed E-state index contributed by atoms with van der Waals surface area (Å²) in [7, 11) is 0. The Morgan fingerprint density at radius 1 is 1.30 bits per heavy atom. The van der Waals surface area contributed by atoms with Crippen molar-refractivity contribution in [2.75, 3.05) is 6.61 Å². The highest BCUT2D eigenvalue weighted by Gasteiger charge is 2.06. The van der Waals surface area contributed by atoms with Gasteiger partial charge in [-0.25, -0.2) is 0 Å². The standard InChI is InChI=1S/C6H13N.C2H6O/c7-6-4-2-1-3-5-6;1-2-3/h6H,1-5,7H2;3H,2H2,1H3. The first-order valence-corrected chi connectivity index (χ1v) is 4.17. The average Bonchev–Trinajstić information content (AvgIpc) is 1.91. The molecule has 0 amide bonds. The van der Waals surface area contributed by atoms with Crippen molar-refractivity contribution in [2.24, 2.45) is 5.73 Å². The second kappa shape index (κ2) is 7.03. The summed E-state index contributed by atoms with van der Waals surface area (Å²) in [5, 5.41) is 7.57. The van der Waals surface area contributed by atoms with E-state index in [4.69, 9.17) is 10.8 Å². The summed E-state index contributed by atoms with van der Waals surface area (Å²) in [5.41, 5.74) is 5.63. The van der Waals surface area contributed by atoms with Gasteiger partial charge in [-0.1, -0.05) is 19.3 Å². The van der Waals surface area contributed by atoms with Crippen molar-refractivity contribution < 1.29 is 5.11 Å². The molecule has 10 heavy (non-hydrogen) atoms. The molecule has 0 spiro atoms. The molecular formula is C8H19NO. The minimum atomic E-state index is 0.250. The Labute approximate surface area is 63.4 Å². The van der Waals surface area contributed by atoms with Gasteiger partial charge in [-0.05, 0) is 19.8 Å². The van der Waals surface area contributed by atoms with Crippen LogP contribution in [-0.2, 0) is 0 Å². The predicted molar refractivity (Wildman–Crippen MR) is 43.8 cm³/mol. The first-order chi connectivity index (χ1) is 4.81. The van der Waals surface area contributed by atoms with E-state index in [0.717, 1.165) is 0 Å². The molecule has 0 aromatic heterocycles. The zero-order valence-electron chi connectivity index (χ0n) is 6.84. The van der Waals surface area contributed by atoms with Crippen molar-refractivity contribution in [2.45, 2.75) is 45.1 Å². The molecule has 2 heteroatoms. The molecule has 1 aliphatic rings. The van der Waals surface area contributed by atoms with Crippen LogP contribution in [0.2, 0.25) is 0 Å². The van der Waals surface area contributed by atoms with Gasteiger partial charge in [-0.3, -0.25) is 0 Å². The van der Waals surface area contributed by atoms with Gasteiger partial charge >= 0.3 is 0 Å². The van der Waals surface area contributed by atoms with Gasteiger partial charge in [-0.15, -0.1) is 0 Å². The Bertz CT molecular complexity index is 60.3. The third kappa shape index (κ3) is 6.05. The smallest absolute Gasteiger partial charge is 0.0402 e. The molecule has 1 saturated carbocycles. The van der Waals surface area contributed by atoms with Crippen LogP contribution in [0.3, 0.4) is 0 Å². The molecule has 0 aromatic carbocycles. The Hall–Kier alpha value is -0.0800. The molecule has 0 bridgehead atoms. The molecule has 0 saturated heterocycles. The van der Waals surface area contributed by atoms with E-state index in [-0.39, 0.29) is 6.61 Å². The van der Waals surface area contributed by atoms with Crippen molar-refractivity contribution in [3.63, 3.8) is 0 Å². The Morgan fingerprint density at radius 3 is 1.90 bits per heavy atom. The second-order valence-corrected chi connectivity index (χ2v) is 2.71. The molecule has 0 unspecified atom stereocenters. The lowest BCUT2D eigenvalue weighted by Gasteiger charge is -2.15. The Morgan fingerprint density at radius 2 is 1.70 bits per heavy atom. The van der Waals surface area contributed by atoms with Gasteiger partial charge in [-0.2, -0.15) is 0 Å². The van der Waals surface area contributed by atoms with Crippen LogP contribution in [0, 0.1) is 0 Å². The molecule has 62 valence electrons. The molecule has 3 N–H and O–H groups in total. The van der Waals surface area contributed by atoms with Crippen LogP contribution in [0.4, 0.5) is 0 Å². The van der Waals surface area contributed by atoms with E-state index in [9.17, 15) is 0 Å². The summed E-state index contributed by atoms with van der Waals surface area (Å²) in [4.78, 5) is 0. The highest BCUT2D eigenvalue weighted by atomic mass is 16.2. The predicted octanol–water partition coefficient (Wildman–Crippen LogP) is 1.28. The Kier molecular flexibility index (Phi) is 6.98. The fourth-order valence-corrected chi connectivity index (χ4v) is 1.13. The summed E-state index contributed by atoms with van der Waals surface area (Å²) >= 11 is 0. The van der Waals surface area contributed by atoms with Crippen LogP contribution < -0.4 is 5.73 Å². The van der Waals surface area contributed by atoms with E-state index in [1.54, 1.807) is 6.92 Å². The Balaban J connectivity index is 0.000000236. The minimum absolute atomic E-state index is 0.250. The summed E-state index contributed by atoms with van der Waals surface area (Å²) in [5.74, 6) is 0. The van der Waals surface area contributed by atoms with Gasteiger partial charge in [0, 0.05) is 12.6 Å². The third-order valence-corrected chi connectivity index (χ3v) is 1.65. The van der Waals surface area contributed by atoms with Gasteiger partial charge in [0.2, 0.25) is 0 Å². The maximum absolute atomic E-state index is 7.57. The van der Waals surface area contributed by atoms with Crippen LogP contribution in [0.5, 0.6) is 0 Å². The zero-order valence-corrected chi connectivity index (χ0v) is 6.84. The maximum atomic E-state index is 7.57. The van der Waals surface area contributed by atoms with E-state index < -0.39 is 0 Å². The fraction of sp³-hybridized carbons (Fsp3) is 1.00. The number of rotatable bonds is 0. The van der Waals surface area contributed by atoms with Crippen LogP contribution in [0.1, 0.15) is 39.0 Å². The molecule has 0 radical (unpaired) electrons. The van der Waals surface area contributed by atoms with E-state index in [2.05, 4.69) is 0 Å². The van der Waals surface area contributed by atoms with Crippen molar-refractivity contribution in [1.29, 1.82) is 0 Å². The number of aliphatic hydroxyl groups is 1. The molecular weight excluding hydrogens is 126 g/mol. The number of aliphatic hydroxyl groups excluding tert-OH is 1. The quantitative estimate of drug-likeness (QED) is 0.539. The summed E-state index contributed by atoms with van der Waals surface area (Å²) in [6, 6.07) is 0.536. The highest BCUT2D eigenvalue weighted by molar-refractivity contribution is 4.66. The average molecular weight is 145 g/mol. The second-order valence-electron chi connectivity index (χ2n) is 2.71. The maximum Gasteiger partial charge on any atom is 0.0402 e. The molecule has 2 nitrogen and oxygen atoms in total. The first-order valence-electron chi connectivity index (χ1n) is 4.17. The van der Waals surface area contributed by atoms with E-state index in [1.165, 1.54) is 32.1 Å². The van der Waals surface area contributed by atoms with Crippen LogP contribution in [0.25, 0.3) is 0 Å². The third-order valence-electron chi connectivity index (χ3n) is 1.65. The molecule has 1 aliphatic carbocycles. The van der Waals surface area contributed by atoms with Gasteiger partial charge in [0.15, 0.2) is 0 Å². The van der Waals surface area contributed by atoms with E-state index >= 15 is 0 Å². The fourth-order valence-electron chi connectivity index (χ4n) is 1.13.